The van der Waals surface area contributed by atoms with Gasteiger partial charge in [0.05, 0.1) is 5.56 Å². The SMILES string of the molecule is O=C(c1cc(Cl)cc(S(=O)(=O)Cl)c1F)N1CCCCC1. The number of carbonyl (C=O) groups excluding carboxylic acids is 1. The van der Waals surface area contributed by atoms with Crippen molar-refractivity contribution < 1.29 is 17.6 Å². The average Bonchev–Trinajstić information content (AvgIpc) is 2.40. The van der Waals surface area contributed by atoms with Gasteiger partial charge >= 0.3 is 0 Å². The smallest absolute Gasteiger partial charge is 0.264 e. The molecule has 0 saturated carbocycles. The van der Waals surface area contributed by atoms with Crippen molar-refractivity contribution in [3.05, 3.63) is 28.5 Å². The molecule has 1 aliphatic rings. The molecule has 4 nitrogen and oxygen atoms in total. The molecule has 110 valence electrons. The molecule has 0 unspecified atom stereocenters. The van der Waals surface area contributed by atoms with Crippen LogP contribution in [0.25, 0.3) is 0 Å². The lowest BCUT2D eigenvalue weighted by Gasteiger charge is -2.27. The van der Waals surface area contributed by atoms with Crippen molar-refractivity contribution in [1.29, 1.82) is 0 Å². The largest absolute Gasteiger partial charge is 0.339 e. The Morgan fingerprint density at radius 1 is 1.20 bits per heavy atom. The Hall–Kier alpha value is -0.850. The van der Waals surface area contributed by atoms with Crippen molar-refractivity contribution in [3.63, 3.8) is 0 Å². The highest BCUT2D eigenvalue weighted by Gasteiger charge is 2.27. The third-order valence-electron chi connectivity index (χ3n) is 3.14. The van der Waals surface area contributed by atoms with Crippen LogP contribution in [-0.4, -0.2) is 32.3 Å². The number of halogens is 3. The van der Waals surface area contributed by atoms with E-state index in [0.717, 1.165) is 31.4 Å². The molecule has 1 aromatic rings. The van der Waals surface area contributed by atoms with Crippen LogP contribution in [0.15, 0.2) is 17.0 Å². The van der Waals surface area contributed by atoms with Gasteiger partial charge in [0.15, 0.2) is 5.82 Å². The molecule has 0 aliphatic carbocycles. The minimum absolute atomic E-state index is 0.0500. The van der Waals surface area contributed by atoms with Gasteiger partial charge in [-0.3, -0.25) is 4.79 Å². The Morgan fingerprint density at radius 3 is 2.35 bits per heavy atom. The molecule has 1 saturated heterocycles. The Morgan fingerprint density at radius 2 is 1.80 bits per heavy atom. The van der Waals surface area contributed by atoms with Gasteiger partial charge in [0.25, 0.3) is 15.0 Å². The molecule has 0 spiro atoms. The van der Waals surface area contributed by atoms with E-state index in [0.29, 0.717) is 13.1 Å². The molecule has 1 aliphatic heterocycles. The first-order valence-electron chi connectivity index (χ1n) is 6.03. The van der Waals surface area contributed by atoms with Crippen molar-refractivity contribution in [2.75, 3.05) is 13.1 Å². The van der Waals surface area contributed by atoms with E-state index in [9.17, 15) is 17.6 Å². The molecule has 0 N–H and O–H groups in total. The van der Waals surface area contributed by atoms with E-state index in [-0.39, 0.29) is 10.6 Å². The molecule has 0 radical (unpaired) electrons. The summed E-state index contributed by atoms with van der Waals surface area (Å²) < 4.78 is 36.8. The highest BCUT2D eigenvalue weighted by molar-refractivity contribution is 8.13. The third-order valence-corrected chi connectivity index (χ3v) is 4.68. The summed E-state index contributed by atoms with van der Waals surface area (Å²) in [5.74, 6) is -1.72. The average molecular weight is 340 g/mol. The van der Waals surface area contributed by atoms with Crippen molar-refractivity contribution >= 4 is 37.2 Å². The number of carbonyl (C=O) groups is 1. The Balaban J connectivity index is 2.46. The topological polar surface area (TPSA) is 54.5 Å². The van der Waals surface area contributed by atoms with Crippen molar-refractivity contribution in [3.8, 4) is 0 Å². The zero-order chi connectivity index (χ0) is 14.9. The fourth-order valence-corrected chi connectivity index (χ4v) is 3.38. The summed E-state index contributed by atoms with van der Waals surface area (Å²) in [7, 11) is 0.846. The van der Waals surface area contributed by atoms with Gasteiger partial charge in [-0.05, 0) is 31.4 Å². The van der Waals surface area contributed by atoms with Crippen LogP contribution >= 0.6 is 22.3 Å². The van der Waals surface area contributed by atoms with E-state index in [1.807, 2.05) is 0 Å². The molecule has 8 heteroatoms. The highest BCUT2D eigenvalue weighted by Crippen LogP contribution is 2.27. The van der Waals surface area contributed by atoms with Crippen molar-refractivity contribution in [2.45, 2.75) is 24.2 Å². The molecule has 0 aromatic heterocycles. The minimum atomic E-state index is -4.30. The summed E-state index contributed by atoms with van der Waals surface area (Å²) in [6, 6.07) is 2.02. The maximum absolute atomic E-state index is 14.2. The van der Waals surface area contributed by atoms with Crippen LogP contribution < -0.4 is 0 Å². The quantitative estimate of drug-likeness (QED) is 0.778. The normalized spacial score (nSPS) is 16.2. The first kappa shape index (κ1) is 15.5. The number of hydrogen-bond acceptors (Lipinski definition) is 3. The second-order valence-corrected chi connectivity index (χ2v) is 7.53. The van der Waals surface area contributed by atoms with E-state index in [1.165, 1.54) is 4.90 Å². The van der Waals surface area contributed by atoms with Crippen LogP contribution in [-0.2, 0) is 9.05 Å². The van der Waals surface area contributed by atoms with Crippen LogP contribution in [0.2, 0.25) is 5.02 Å². The lowest BCUT2D eigenvalue weighted by atomic mass is 10.1. The first-order valence-corrected chi connectivity index (χ1v) is 8.72. The fraction of sp³-hybridized carbons (Fsp3) is 0.417. The summed E-state index contributed by atoms with van der Waals surface area (Å²) in [5, 5.41) is -0.0500. The van der Waals surface area contributed by atoms with Crippen LogP contribution in [0, 0.1) is 5.82 Å². The maximum Gasteiger partial charge on any atom is 0.264 e. The van der Waals surface area contributed by atoms with Crippen LogP contribution in [0.4, 0.5) is 4.39 Å². The van der Waals surface area contributed by atoms with Gasteiger partial charge in [0.2, 0.25) is 0 Å². The molecule has 1 aromatic carbocycles. The van der Waals surface area contributed by atoms with Crippen LogP contribution in [0.5, 0.6) is 0 Å². The second-order valence-electron chi connectivity index (χ2n) is 4.56. The minimum Gasteiger partial charge on any atom is -0.339 e. The van der Waals surface area contributed by atoms with Crippen molar-refractivity contribution in [1.82, 2.24) is 4.90 Å². The van der Waals surface area contributed by atoms with Gasteiger partial charge in [0.1, 0.15) is 4.90 Å². The molecule has 20 heavy (non-hydrogen) atoms. The van der Waals surface area contributed by atoms with E-state index in [1.54, 1.807) is 0 Å². The summed E-state index contributed by atoms with van der Waals surface area (Å²) in [6.07, 6.45) is 2.70. The molecular formula is C12H12Cl2FNO3S. The van der Waals surface area contributed by atoms with Gasteiger partial charge in [-0.15, -0.1) is 0 Å². The predicted octanol–water partition coefficient (Wildman–Crippen LogP) is 3.03. The molecule has 1 amide bonds. The first-order chi connectivity index (χ1) is 9.30. The zero-order valence-corrected chi connectivity index (χ0v) is 12.7. The Kier molecular flexibility index (Phi) is 4.56. The monoisotopic (exact) mass is 339 g/mol. The number of likely N-dealkylation sites (tertiary alicyclic amines) is 1. The maximum atomic E-state index is 14.2. The number of amides is 1. The number of hydrogen-bond donors (Lipinski definition) is 0. The molecule has 1 fully saturated rings. The zero-order valence-electron chi connectivity index (χ0n) is 10.4. The number of benzene rings is 1. The van der Waals surface area contributed by atoms with Crippen molar-refractivity contribution in [2.24, 2.45) is 0 Å². The molecule has 0 atom stereocenters. The summed E-state index contributed by atoms with van der Waals surface area (Å²) in [4.78, 5) is 13.0. The van der Waals surface area contributed by atoms with Gasteiger partial charge in [-0.25, -0.2) is 12.8 Å². The fourth-order valence-electron chi connectivity index (χ4n) is 2.16. The summed E-state index contributed by atoms with van der Waals surface area (Å²) in [5.41, 5.74) is -0.362. The molecule has 1 heterocycles. The van der Waals surface area contributed by atoms with Gasteiger partial charge in [-0.2, -0.15) is 0 Å². The Bertz CT molecular complexity index is 642. The lowest BCUT2D eigenvalue weighted by Crippen LogP contribution is -2.36. The standard InChI is InChI=1S/C12H12Cl2FNO3S/c13-8-6-9(11(15)10(7-8)20(14,18)19)12(17)16-4-2-1-3-5-16/h6-7H,1-5H2. The molecule has 2 rings (SSSR count). The van der Waals surface area contributed by atoms with Gasteiger partial charge in [-0.1, -0.05) is 11.6 Å². The second kappa shape index (κ2) is 5.87. The molecular weight excluding hydrogens is 328 g/mol. The van der Waals surface area contributed by atoms with E-state index in [2.05, 4.69) is 0 Å². The van der Waals surface area contributed by atoms with E-state index < -0.39 is 25.7 Å². The Labute approximate surface area is 125 Å². The summed E-state index contributed by atoms with van der Waals surface area (Å²) >= 11 is 5.75. The third kappa shape index (κ3) is 3.24. The lowest BCUT2D eigenvalue weighted by molar-refractivity contribution is 0.0719. The van der Waals surface area contributed by atoms with E-state index >= 15 is 0 Å². The number of nitrogens with zero attached hydrogens (tertiary/aromatic N) is 1. The predicted molar refractivity (Wildman–Crippen MR) is 74.2 cm³/mol. The highest BCUT2D eigenvalue weighted by atomic mass is 35.7. The van der Waals surface area contributed by atoms with Crippen LogP contribution in [0.1, 0.15) is 29.6 Å². The van der Waals surface area contributed by atoms with E-state index in [4.69, 9.17) is 22.3 Å². The molecule has 0 bridgehead atoms. The van der Waals surface area contributed by atoms with Gasteiger partial charge < -0.3 is 4.90 Å². The number of rotatable bonds is 2. The van der Waals surface area contributed by atoms with Crippen LogP contribution in [0.3, 0.4) is 0 Å². The number of piperidine rings is 1. The van der Waals surface area contributed by atoms with Gasteiger partial charge in [0, 0.05) is 28.8 Å². The summed E-state index contributed by atoms with van der Waals surface area (Å²) in [6.45, 7) is 1.04.